The van der Waals surface area contributed by atoms with Gasteiger partial charge in [0.05, 0.1) is 12.4 Å². The van der Waals surface area contributed by atoms with Gasteiger partial charge in [-0.1, -0.05) is 12.2 Å². The Hall–Kier alpha value is -1.77. The Kier molecular flexibility index (Phi) is 4.23. The SMILES string of the molecule is C[C@@H](O)[C@H]1O[C@@H](n2cnc3c(=S)nc(N)[nH]c32)[C@@](F)(C#CCl)C1O. The Labute approximate surface area is 145 Å². The molecule has 0 aliphatic carbocycles. The van der Waals surface area contributed by atoms with Crippen molar-refractivity contribution in [2.24, 2.45) is 0 Å². The van der Waals surface area contributed by atoms with Crippen LogP contribution in [0.25, 0.3) is 11.2 Å². The number of fused-ring (bicyclic) bond motifs is 1. The number of ether oxygens (including phenoxy) is 1. The van der Waals surface area contributed by atoms with E-state index in [1.165, 1.54) is 17.8 Å². The third kappa shape index (κ3) is 2.45. The zero-order valence-electron chi connectivity index (χ0n) is 12.3. The normalized spacial score (nSPS) is 31.0. The molecule has 24 heavy (non-hydrogen) atoms. The second-order valence-electron chi connectivity index (χ2n) is 5.40. The van der Waals surface area contributed by atoms with Gasteiger partial charge in [0.15, 0.2) is 16.8 Å². The quantitative estimate of drug-likeness (QED) is 0.449. The Balaban J connectivity index is 2.20. The number of H-pyrrole nitrogens is 1. The molecule has 11 heteroatoms. The summed E-state index contributed by atoms with van der Waals surface area (Å²) in [5, 5.41) is 21.9. The fourth-order valence-electron chi connectivity index (χ4n) is 2.69. The van der Waals surface area contributed by atoms with Crippen LogP contribution in [0.15, 0.2) is 6.33 Å². The van der Waals surface area contributed by atoms with E-state index < -0.39 is 30.2 Å². The van der Waals surface area contributed by atoms with E-state index in [1.807, 2.05) is 5.38 Å². The second-order valence-corrected chi connectivity index (χ2v) is 5.98. The third-order valence-electron chi connectivity index (χ3n) is 3.82. The highest BCUT2D eigenvalue weighted by atomic mass is 35.5. The van der Waals surface area contributed by atoms with Gasteiger partial charge >= 0.3 is 0 Å². The van der Waals surface area contributed by atoms with Crippen molar-refractivity contribution in [1.29, 1.82) is 0 Å². The number of anilines is 1. The van der Waals surface area contributed by atoms with E-state index >= 15 is 4.39 Å². The topological polar surface area (TPSA) is 122 Å². The summed E-state index contributed by atoms with van der Waals surface area (Å²) >= 11 is 10.4. The minimum Gasteiger partial charge on any atom is -0.391 e. The van der Waals surface area contributed by atoms with Crippen molar-refractivity contribution in [3.8, 4) is 11.3 Å². The lowest BCUT2D eigenvalue weighted by molar-refractivity contribution is -0.0776. The van der Waals surface area contributed by atoms with Gasteiger partial charge in [0, 0.05) is 5.38 Å². The van der Waals surface area contributed by atoms with Crippen molar-refractivity contribution in [2.45, 2.75) is 37.1 Å². The number of imidazole rings is 1. The smallest absolute Gasteiger partial charge is 0.244 e. The molecule has 0 bridgehead atoms. The van der Waals surface area contributed by atoms with Crippen LogP contribution in [-0.4, -0.2) is 53.7 Å². The number of halogens is 2. The number of aliphatic hydroxyl groups excluding tert-OH is 2. The van der Waals surface area contributed by atoms with Gasteiger partial charge in [-0.25, -0.2) is 14.4 Å². The largest absolute Gasteiger partial charge is 0.391 e. The number of rotatable bonds is 2. The molecule has 0 spiro atoms. The Morgan fingerprint density at radius 1 is 1.67 bits per heavy atom. The van der Waals surface area contributed by atoms with E-state index in [-0.39, 0.29) is 21.8 Å². The van der Waals surface area contributed by atoms with Crippen LogP contribution in [0.4, 0.5) is 10.3 Å². The lowest BCUT2D eigenvalue weighted by atomic mass is 9.95. The molecule has 1 fully saturated rings. The maximum absolute atomic E-state index is 15.4. The molecule has 8 nitrogen and oxygen atoms in total. The molecule has 3 rings (SSSR count). The second kappa shape index (κ2) is 5.94. The molecule has 3 heterocycles. The number of aromatic amines is 1. The lowest BCUT2D eigenvalue weighted by Gasteiger charge is -2.23. The highest BCUT2D eigenvalue weighted by molar-refractivity contribution is 7.71. The molecule has 1 unspecified atom stereocenters. The highest BCUT2D eigenvalue weighted by Gasteiger charge is 2.59. The van der Waals surface area contributed by atoms with Gasteiger partial charge in [0.1, 0.15) is 23.4 Å². The number of hydrogen-bond donors (Lipinski definition) is 4. The molecule has 5 N–H and O–H groups in total. The fourth-order valence-corrected chi connectivity index (χ4v) is 3.08. The van der Waals surface area contributed by atoms with Crippen molar-refractivity contribution < 1.29 is 19.3 Å². The number of hydrogen-bond acceptors (Lipinski definition) is 7. The molecule has 128 valence electrons. The molecule has 1 aliphatic heterocycles. The molecule has 0 radical (unpaired) electrons. The van der Waals surface area contributed by atoms with E-state index in [0.717, 1.165) is 0 Å². The van der Waals surface area contributed by atoms with Crippen molar-refractivity contribution in [3.05, 3.63) is 11.0 Å². The zero-order chi connectivity index (χ0) is 17.6. The maximum Gasteiger partial charge on any atom is 0.244 e. The van der Waals surface area contributed by atoms with Crippen LogP contribution in [0.5, 0.6) is 0 Å². The Morgan fingerprint density at radius 2 is 2.38 bits per heavy atom. The first-order chi connectivity index (χ1) is 11.3. The molecule has 1 aliphatic rings. The number of alkyl halides is 1. The Bertz CT molecular complexity index is 906. The van der Waals surface area contributed by atoms with Gasteiger partial charge in [-0.05, 0) is 24.4 Å². The van der Waals surface area contributed by atoms with Crippen molar-refractivity contribution >= 4 is 40.9 Å². The van der Waals surface area contributed by atoms with Crippen LogP contribution in [0.3, 0.4) is 0 Å². The van der Waals surface area contributed by atoms with Gasteiger partial charge in [0.25, 0.3) is 0 Å². The van der Waals surface area contributed by atoms with Gasteiger partial charge in [-0.3, -0.25) is 4.57 Å². The summed E-state index contributed by atoms with van der Waals surface area (Å²) in [4.78, 5) is 10.6. The minimum atomic E-state index is -2.58. The summed E-state index contributed by atoms with van der Waals surface area (Å²) in [6.07, 6.45) is -4.26. The first-order valence-corrected chi connectivity index (χ1v) is 7.64. The van der Waals surface area contributed by atoms with Crippen LogP contribution < -0.4 is 5.73 Å². The summed E-state index contributed by atoms with van der Waals surface area (Å²) in [5.74, 6) is 2.12. The summed E-state index contributed by atoms with van der Waals surface area (Å²) < 4.78 is 22.3. The summed E-state index contributed by atoms with van der Waals surface area (Å²) in [5.41, 5.74) is 3.58. The maximum atomic E-state index is 15.4. The van der Waals surface area contributed by atoms with Gasteiger partial charge in [-0.15, -0.1) is 0 Å². The number of nitrogens with zero attached hydrogens (tertiary/aromatic N) is 3. The monoisotopic (exact) mass is 373 g/mol. The minimum absolute atomic E-state index is 0.00718. The number of nitrogen functional groups attached to an aromatic ring is 1. The number of aliphatic hydroxyl groups is 2. The molecular weight excluding hydrogens is 361 g/mol. The molecule has 2 aromatic rings. The van der Waals surface area contributed by atoms with E-state index in [0.29, 0.717) is 0 Å². The summed E-state index contributed by atoms with van der Waals surface area (Å²) in [6, 6.07) is 0. The average Bonchev–Trinajstić information content (AvgIpc) is 3.00. The molecule has 0 aromatic carbocycles. The molecule has 2 aromatic heterocycles. The van der Waals surface area contributed by atoms with E-state index in [2.05, 4.69) is 20.9 Å². The average molecular weight is 374 g/mol. The molecule has 1 saturated heterocycles. The number of nitrogens with two attached hydrogens (primary N) is 1. The van der Waals surface area contributed by atoms with Gasteiger partial charge in [-0.2, -0.15) is 0 Å². The van der Waals surface area contributed by atoms with Gasteiger partial charge in [0.2, 0.25) is 5.67 Å². The molecule has 5 atom stereocenters. The van der Waals surface area contributed by atoms with Crippen molar-refractivity contribution in [1.82, 2.24) is 19.5 Å². The number of nitrogens with one attached hydrogen (secondary N) is 1. The van der Waals surface area contributed by atoms with E-state index in [9.17, 15) is 10.2 Å². The summed E-state index contributed by atoms with van der Waals surface area (Å²) in [6.45, 7) is 1.37. The molecule has 0 amide bonds. The van der Waals surface area contributed by atoms with E-state index in [4.69, 9.17) is 34.3 Å². The van der Waals surface area contributed by atoms with Crippen molar-refractivity contribution in [2.75, 3.05) is 5.73 Å². The van der Waals surface area contributed by atoms with Gasteiger partial charge < -0.3 is 25.7 Å². The van der Waals surface area contributed by atoms with Crippen LogP contribution in [0.1, 0.15) is 13.2 Å². The number of aromatic nitrogens is 4. The van der Waals surface area contributed by atoms with Crippen LogP contribution in [-0.2, 0) is 4.74 Å². The predicted molar refractivity (Wildman–Crippen MR) is 86.2 cm³/mol. The first-order valence-electron chi connectivity index (χ1n) is 6.85. The zero-order valence-corrected chi connectivity index (χ0v) is 13.8. The van der Waals surface area contributed by atoms with E-state index in [1.54, 1.807) is 0 Å². The van der Waals surface area contributed by atoms with Crippen LogP contribution in [0.2, 0.25) is 0 Å². The van der Waals surface area contributed by atoms with Crippen LogP contribution >= 0.6 is 23.8 Å². The fraction of sp³-hybridized carbons (Fsp3) is 0.462. The third-order valence-corrected chi connectivity index (χ3v) is 4.20. The Morgan fingerprint density at radius 3 is 3.00 bits per heavy atom. The molecular formula is C13H13ClFN5O3S. The summed E-state index contributed by atoms with van der Waals surface area (Å²) in [7, 11) is 0. The van der Waals surface area contributed by atoms with Crippen LogP contribution in [0, 0.1) is 15.9 Å². The predicted octanol–water partition coefficient (Wildman–Crippen LogP) is 0.618. The standard InChI is InChI=1S/C13H13ClFN5O3S/c1-5(21)7-8(22)13(15,2-3-14)11(23-7)20-4-17-6-9(20)18-12(16)19-10(6)24/h4-5,7-8,11,21-22H,1H3,(H3,16,18,19,24)/t5-,7-,8?,11-,13-/m1/s1. The first kappa shape index (κ1) is 17.1. The van der Waals surface area contributed by atoms with Crippen molar-refractivity contribution in [3.63, 3.8) is 0 Å². The highest BCUT2D eigenvalue weighted by Crippen LogP contribution is 2.43. The lowest BCUT2D eigenvalue weighted by Crippen LogP contribution is -2.44. The molecule has 0 saturated carbocycles.